The molecule has 0 aromatic carbocycles. The molecule has 1 aromatic heterocycles. The van der Waals surface area contributed by atoms with Gasteiger partial charge in [0.2, 0.25) is 17.8 Å². The van der Waals surface area contributed by atoms with Crippen LogP contribution < -0.4 is 16.0 Å². The van der Waals surface area contributed by atoms with Crippen LogP contribution in [0.3, 0.4) is 0 Å². The Morgan fingerprint density at radius 1 is 1.25 bits per heavy atom. The van der Waals surface area contributed by atoms with Crippen molar-refractivity contribution in [3.63, 3.8) is 0 Å². The van der Waals surface area contributed by atoms with Crippen LogP contribution in [0.15, 0.2) is 0 Å². The molecule has 112 valence electrons. The molecule has 7 nitrogen and oxygen atoms in total. The normalized spacial score (nSPS) is 17.0. The summed E-state index contributed by atoms with van der Waals surface area (Å²) in [5, 5.41) is 3.20. The summed E-state index contributed by atoms with van der Waals surface area (Å²) in [4.78, 5) is 15.0. The minimum absolute atomic E-state index is 0.131. The molecule has 1 aromatic rings. The van der Waals surface area contributed by atoms with E-state index in [-0.39, 0.29) is 12.0 Å². The quantitative estimate of drug-likeness (QED) is 0.811. The fourth-order valence-corrected chi connectivity index (χ4v) is 2.24. The molecule has 2 rings (SSSR count). The van der Waals surface area contributed by atoms with E-state index in [1.165, 1.54) is 19.3 Å². The predicted molar refractivity (Wildman–Crippen MR) is 79.9 cm³/mol. The molecule has 3 N–H and O–H groups in total. The van der Waals surface area contributed by atoms with E-state index in [2.05, 4.69) is 25.2 Å². The van der Waals surface area contributed by atoms with Gasteiger partial charge in [0.05, 0.1) is 6.61 Å². The molecule has 0 radical (unpaired) electrons. The first-order chi connectivity index (χ1) is 9.69. The molecule has 0 bridgehead atoms. The van der Waals surface area contributed by atoms with Crippen molar-refractivity contribution < 1.29 is 4.74 Å². The summed E-state index contributed by atoms with van der Waals surface area (Å²) in [6.45, 7) is 7.28. The third-order valence-corrected chi connectivity index (χ3v) is 3.23. The zero-order valence-electron chi connectivity index (χ0n) is 12.3. The van der Waals surface area contributed by atoms with Gasteiger partial charge >= 0.3 is 0 Å². The number of nitrogen functional groups attached to an aromatic ring is 1. The van der Waals surface area contributed by atoms with Crippen LogP contribution in [0.4, 0.5) is 17.8 Å². The minimum Gasteiger partial charge on any atom is -0.380 e. The Bertz CT molecular complexity index is 421. The first-order valence-corrected chi connectivity index (χ1v) is 7.30. The van der Waals surface area contributed by atoms with Crippen molar-refractivity contribution in [3.8, 4) is 0 Å². The SMILES string of the molecule is CCOCC(C)Nc1nc(N)nc(N2CCCCC2)n1. The molecule has 1 fully saturated rings. The lowest BCUT2D eigenvalue weighted by Gasteiger charge is -2.27. The predicted octanol–water partition coefficient (Wildman–Crippen LogP) is 1.28. The Hall–Kier alpha value is -1.63. The van der Waals surface area contributed by atoms with Crippen molar-refractivity contribution in [3.05, 3.63) is 0 Å². The number of aromatic nitrogens is 3. The van der Waals surface area contributed by atoms with Crippen molar-refractivity contribution in [1.29, 1.82) is 0 Å². The standard InChI is InChI=1S/C13H24N6O/c1-3-20-9-10(2)15-12-16-11(14)17-13(18-12)19-7-5-4-6-8-19/h10H,3-9H2,1-2H3,(H3,14,15,16,17,18). The average molecular weight is 280 g/mol. The van der Waals surface area contributed by atoms with Crippen LogP contribution in [-0.2, 0) is 4.74 Å². The second-order valence-electron chi connectivity index (χ2n) is 5.07. The molecule has 1 atom stereocenters. The number of anilines is 3. The molecule has 1 unspecified atom stereocenters. The fraction of sp³-hybridized carbons (Fsp3) is 0.769. The summed E-state index contributed by atoms with van der Waals surface area (Å²) in [6, 6.07) is 0.131. The molecule has 1 saturated heterocycles. The van der Waals surface area contributed by atoms with Crippen LogP contribution in [0.5, 0.6) is 0 Å². The highest BCUT2D eigenvalue weighted by Gasteiger charge is 2.16. The lowest BCUT2D eigenvalue weighted by molar-refractivity contribution is 0.141. The monoisotopic (exact) mass is 280 g/mol. The zero-order valence-corrected chi connectivity index (χ0v) is 12.3. The largest absolute Gasteiger partial charge is 0.380 e. The molecule has 20 heavy (non-hydrogen) atoms. The van der Waals surface area contributed by atoms with Crippen LogP contribution in [0.25, 0.3) is 0 Å². The third-order valence-electron chi connectivity index (χ3n) is 3.23. The summed E-state index contributed by atoms with van der Waals surface area (Å²) in [5.74, 6) is 1.44. The average Bonchev–Trinajstić information content (AvgIpc) is 2.45. The van der Waals surface area contributed by atoms with Gasteiger partial charge in [-0.05, 0) is 33.1 Å². The van der Waals surface area contributed by atoms with E-state index >= 15 is 0 Å². The maximum Gasteiger partial charge on any atom is 0.231 e. The van der Waals surface area contributed by atoms with Gasteiger partial charge in [-0.15, -0.1) is 0 Å². The Morgan fingerprint density at radius 2 is 2.00 bits per heavy atom. The van der Waals surface area contributed by atoms with Crippen molar-refractivity contribution in [1.82, 2.24) is 15.0 Å². The van der Waals surface area contributed by atoms with E-state index < -0.39 is 0 Å². The second kappa shape index (κ2) is 7.23. The van der Waals surface area contributed by atoms with Gasteiger partial charge in [-0.3, -0.25) is 0 Å². The van der Waals surface area contributed by atoms with Gasteiger partial charge in [0.1, 0.15) is 0 Å². The van der Waals surface area contributed by atoms with Crippen molar-refractivity contribution >= 4 is 17.8 Å². The van der Waals surface area contributed by atoms with E-state index in [0.717, 1.165) is 13.1 Å². The molecule has 1 aliphatic rings. The number of nitrogens with one attached hydrogen (secondary N) is 1. The van der Waals surface area contributed by atoms with Gasteiger partial charge in [0.15, 0.2) is 0 Å². The number of rotatable bonds is 6. The van der Waals surface area contributed by atoms with Crippen LogP contribution >= 0.6 is 0 Å². The second-order valence-corrected chi connectivity index (χ2v) is 5.07. The van der Waals surface area contributed by atoms with E-state index in [1.807, 2.05) is 13.8 Å². The molecule has 2 heterocycles. The van der Waals surface area contributed by atoms with Crippen LogP contribution in [0.1, 0.15) is 33.1 Å². The molecule has 0 saturated carbocycles. The maximum atomic E-state index is 5.78. The molecular weight excluding hydrogens is 256 g/mol. The van der Waals surface area contributed by atoms with Crippen LogP contribution in [0.2, 0.25) is 0 Å². The van der Waals surface area contributed by atoms with Crippen LogP contribution in [0, 0.1) is 0 Å². The maximum absolute atomic E-state index is 5.78. The Kier molecular flexibility index (Phi) is 5.34. The van der Waals surface area contributed by atoms with Crippen LogP contribution in [-0.4, -0.2) is 47.3 Å². The number of hydrogen-bond donors (Lipinski definition) is 2. The van der Waals surface area contributed by atoms with Crippen molar-refractivity contribution in [2.45, 2.75) is 39.2 Å². The number of hydrogen-bond acceptors (Lipinski definition) is 7. The molecular formula is C13H24N6O. The summed E-state index contributed by atoms with van der Waals surface area (Å²) < 4.78 is 5.37. The Morgan fingerprint density at radius 3 is 2.70 bits per heavy atom. The summed E-state index contributed by atoms with van der Waals surface area (Å²) in [7, 11) is 0. The number of nitrogens with zero attached hydrogens (tertiary/aromatic N) is 4. The summed E-state index contributed by atoms with van der Waals surface area (Å²) in [5.41, 5.74) is 5.78. The van der Waals surface area contributed by atoms with Gasteiger partial charge in [-0.25, -0.2) is 0 Å². The first-order valence-electron chi connectivity index (χ1n) is 7.30. The van der Waals surface area contributed by atoms with E-state index in [4.69, 9.17) is 10.5 Å². The number of nitrogens with two attached hydrogens (primary N) is 1. The van der Waals surface area contributed by atoms with Gasteiger partial charge in [0.25, 0.3) is 0 Å². The van der Waals surface area contributed by atoms with Gasteiger partial charge in [-0.1, -0.05) is 0 Å². The third kappa shape index (κ3) is 4.19. The van der Waals surface area contributed by atoms with Gasteiger partial charge < -0.3 is 20.7 Å². The molecule has 0 spiro atoms. The molecule has 0 aliphatic carbocycles. The van der Waals surface area contributed by atoms with Crippen molar-refractivity contribution in [2.75, 3.05) is 42.3 Å². The van der Waals surface area contributed by atoms with E-state index in [1.54, 1.807) is 0 Å². The summed E-state index contributed by atoms with van der Waals surface area (Å²) in [6.07, 6.45) is 3.62. The van der Waals surface area contributed by atoms with E-state index in [9.17, 15) is 0 Å². The zero-order chi connectivity index (χ0) is 14.4. The molecule has 7 heteroatoms. The minimum atomic E-state index is 0.131. The summed E-state index contributed by atoms with van der Waals surface area (Å²) >= 11 is 0. The Balaban J connectivity index is 2.03. The topological polar surface area (TPSA) is 89.2 Å². The van der Waals surface area contributed by atoms with Gasteiger partial charge in [0, 0.05) is 25.7 Å². The molecule has 1 aliphatic heterocycles. The highest BCUT2D eigenvalue weighted by Crippen LogP contribution is 2.17. The fourth-order valence-electron chi connectivity index (χ4n) is 2.24. The van der Waals surface area contributed by atoms with Gasteiger partial charge in [-0.2, -0.15) is 15.0 Å². The lowest BCUT2D eigenvalue weighted by atomic mass is 10.1. The highest BCUT2D eigenvalue weighted by molar-refractivity contribution is 5.42. The molecule has 0 amide bonds. The number of piperidine rings is 1. The lowest BCUT2D eigenvalue weighted by Crippen LogP contribution is -2.32. The highest BCUT2D eigenvalue weighted by atomic mass is 16.5. The smallest absolute Gasteiger partial charge is 0.231 e. The number of ether oxygens (including phenoxy) is 1. The van der Waals surface area contributed by atoms with Crippen molar-refractivity contribution in [2.24, 2.45) is 0 Å². The first kappa shape index (κ1) is 14.8. The van der Waals surface area contributed by atoms with E-state index in [0.29, 0.717) is 25.1 Å². The Labute approximate surface area is 119 Å².